The van der Waals surface area contributed by atoms with Crippen LogP contribution in [0, 0.1) is 50.4 Å². The summed E-state index contributed by atoms with van der Waals surface area (Å²) in [6, 6.07) is 41.2. The summed E-state index contributed by atoms with van der Waals surface area (Å²) in [5.41, 5.74) is -4.24. The highest BCUT2D eigenvalue weighted by Gasteiger charge is 2.41. The Labute approximate surface area is 502 Å². The van der Waals surface area contributed by atoms with Gasteiger partial charge in [-0.15, -0.1) is 0 Å². The van der Waals surface area contributed by atoms with E-state index in [1.807, 2.05) is 94.4 Å². The fourth-order valence-electron chi connectivity index (χ4n) is 12.3. The molecule has 0 aliphatic heterocycles. The predicted molar refractivity (Wildman–Crippen MR) is 316 cm³/mol. The molecule has 0 saturated carbocycles. The Morgan fingerprint density at radius 3 is 1.03 bits per heavy atom. The Morgan fingerprint density at radius 1 is 0.311 bits per heavy atom. The van der Waals surface area contributed by atoms with Gasteiger partial charge in [0.05, 0.1) is 78.5 Å². The number of nitrogens with zero attached hydrogens (tertiary/aromatic N) is 4. The van der Waals surface area contributed by atoms with Crippen LogP contribution in [0.1, 0.15) is 61.2 Å². The summed E-state index contributed by atoms with van der Waals surface area (Å²) in [7, 11) is 0. The summed E-state index contributed by atoms with van der Waals surface area (Å²) < 4.78 is 223. The second kappa shape index (κ2) is 21.2. The Balaban J connectivity index is 1.20. The molecule has 10 aromatic carbocycles. The molecule has 0 radical (unpaired) electrons. The van der Waals surface area contributed by atoms with E-state index in [1.165, 1.54) is 34.9 Å². The molecule has 0 N–H and O–H groups in total. The molecule has 0 fully saturated rings. The van der Waals surface area contributed by atoms with Gasteiger partial charge < -0.3 is 9.13 Å². The first-order chi connectivity index (χ1) is 42.3. The smallest absolute Gasteiger partial charge is 0.309 e. The van der Waals surface area contributed by atoms with E-state index in [0.29, 0.717) is 46.1 Å². The van der Waals surface area contributed by atoms with Crippen molar-refractivity contribution >= 4 is 43.6 Å². The van der Waals surface area contributed by atoms with Gasteiger partial charge in [0, 0.05) is 32.7 Å². The normalized spacial score (nSPS) is 12.6. The molecule has 2 aromatic heterocycles. The summed E-state index contributed by atoms with van der Waals surface area (Å²) in [6.07, 6.45) is -26.4. The highest BCUT2D eigenvalue weighted by molar-refractivity contribution is 6.14. The van der Waals surface area contributed by atoms with Crippen molar-refractivity contribution < 1.29 is 65.9 Å². The minimum Gasteiger partial charge on any atom is -0.309 e. The molecule has 2 heterocycles. The highest BCUT2D eigenvalue weighted by atomic mass is 19.4. The standard InChI is InChI=1S/C71H41F15N4/c1-36-8-16-48(38(3)24-36)40-10-20-62-52(26-40)53-27-41(49-17-9-37(2)25-39(49)4)11-21-63(53)90(62)65-30-45(35-88)64(33-56(65)66-44(34-87)6-5-7-57(66)69(78,79)80)89-60-22-12-42(50-18-14-46(67(72,73)74)31-58(50)70(81,82)83)28-54(60)55-29-43(13-23-61(55)89)51-19-15-47(68(75,76)77)32-59(51)71(84,85)86/h5-33H,1-4H3. The third-order valence-electron chi connectivity index (χ3n) is 16.3. The van der Waals surface area contributed by atoms with Gasteiger partial charge in [-0.1, -0.05) is 90.0 Å². The van der Waals surface area contributed by atoms with E-state index in [4.69, 9.17) is 0 Å². The van der Waals surface area contributed by atoms with E-state index in [9.17, 15) is 63.2 Å². The average Bonchev–Trinajstić information content (AvgIpc) is 1.53. The van der Waals surface area contributed by atoms with Gasteiger partial charge in [0.2, 0.25) is 0 Å². The molecule has 12 aromatic rings. The van der Waals surface area contributed by atoms with Crippen molar-refractivity contribution in [2.75, 3.05) is 0 Å². The Morgan fingerprint density at radius 2 is 0.678 bits per heavy atom. The zero-order chi connectivity index (χ0) is 64.5. The van der Waals surface area contributed by atoms with Crippen molar-refractivity contribution in [1.29, 1.82) is 10.5 Å². The van der Waals surface area contributed by atoms with Crippen LogP contribution in [-0.2, 0) is 30.9 Å². The molecular formula is C71H41F15N4. The average molecular weight is 1240 g/mol. The number of alkyl halides is 15. The van der Waals surface area contributed by atoms with Gasteiger partial charge in [-0.3, -0.25) is 0 Å². The molecule has 450 valence electrons. The summed E-state index contributed by atoms with van der Waals surface area (Å²) >= 11 is 0. The van der Waals surface area contributed by atoms with Gasteiger partial charge in [-0.25, -0.2) is 0 Å². The van der Waals surface area contributed by atoms with Crippen LogP contribution in [0.2, 0.25) is 0 Å². The van der Waals surface area contributed by atoms with Crippen LogP contribution >= 0.6 is 0 Å². The van der Waals surface area contributed by atoms with E-state index < -0.39 is 81.0 Å². The summed E-state index contributed by atoms with van der Waals surface area (Å²) in [5, 5.41) is 23.2. The molecule has 0 amide bonds. The van der Waals surface area contributed by atoms with Crippen LogP contribution in [0.25, 0.3) is 111 Å². The monoisotopic (exact) mass is 1230 g/mol. The molecule has 19 heteroatoms. The van der Waals surface area contributed by atoms with E-state index in [2.05, 4.69) is 6.07 Å². The van der Waals surface area contributed by atoms with E-state index in [-0.39, 0.29) is 67.6 Å². The molecule has 90 heavy (non-hydrogen) atoms. The maximum Gasteiger partial charge on any atom is 0.417 e. The summed E-state index contributed by atoms with van der Waals surface area (Å²) in [5.74, 6) is 0. The SMILES string of the molecule is Cc1ccc(-c2ccc3c(c2)c2cc(-c4ccc(C)cc4C)ccc2n3-c2cc(C#N)c(-n3c4ccc(-c5ccc(C(F)(F)F)cc5C(F)(F)F)cc4c4cc(-c5ccc(C(F)(F)F)cc5C(F)(F)F)ccc43)cc2-c2c(C#N)cccc2C(F)(F)F)c(C)c1. The van der Waals surface area contributed by atoms with E-state index in [1.54, 1.807) is 16.7 Å². The number of fused-ring (bicyclic) bond motifs is 6. The fourth-order valence-corrected chi connectivity index (χ4v) is 12.3. The number of nitriles is 2. The number of benzene rings is 10. The van der Waals surface area contributed by atoms with Crippen molar-refractivity contribution in [3.05, 3.63) is 237 Å². The molecule has 0 spiro atoms. The number of hydrogen-bond acceptors (Lipinski definition) is 2. The van der Waals surface area contributed by atoms with Crippen molar-refractivity contribution in [3.63, 3.8) is 0 Å². The van der Waals surface area contributed by atoms with Crippen LogP contribution in [0.3, 0.4) is 0 Å². The van der Waals surface area contributed by atoms with Crippen molar-refractivity contribution in [2.24, 2.45) is 0 Å². The first-order valence-electron chi connectivity index (χ1n) is 27.4. The maximum atomic E-state index is 15.8. The lowest BCUT2D eigenvalue weighted by Crippen LogP contribution is -2.12. The van der Waals surface area contributed by atoms with Crippen LogP contribution in [0.4, 0.5) is 65.9 Å². The molecule has 0 bridgehead atoms. The minimum atomic E-state index is -5.40. The molecule has 0 saturated heterocycles. The number of rotatable bonds is 7. The van der Waals surface area contributed by atoms with Crippen molar-refractivity contribution in [1.82, 2.24) is 9.13 Å². The Bertz CT molecular complexity index is 4830. The molecule has 0 atom stereocenters. The molecule has 0 unspecified atom stereocenters. The zero-order valence-corrected chi connectivity index (χ0v) is 47.2. The van der Waals surface area contributed by atoms with Crippen LogP contribution in [0.5, 0.6) is 0 Å². The van der Waals surface area contributed by atoms with Crippen molar-refractivity contribution in [3.8, 4) is 79.1 Å². The predicted octanol–water partition coefficient (Wildman–Crippen LogP) is 22.3. The van der Waals surface area contributed by atoms with Gasteiger partial charge in [0.1, 0.15) is 6.07 Å². The van der Waals surface area contributed by atoms with Crippen LogP contribution in [-0.4, -0.2) is 9.13 Å². The molecule has 12 rings (SSSR count). The molecular weight excluding hydrogens is 1190 g/mol. The number of aryl methyl sites for hydroxylation is 4. The molecule has 0 aliphatic carbocycles. The van der Waals surface area contributed by atoms with Gasteiger partial charge in [-0.05, 0) is 180 Å². The van der Waals surface area contributed by atoms with E-state index in [0.717, 1.165) is 80.9 Å². The Kier molecular flexibility index (Phi) is 14.2. The lowest BCUT2D eigenvalue weighted by molar-refractivity contribution is -0.144. The van der Waals surface area contributed by atoms with Crippen LogP contribution < -0.4 is 0 Å². The quantitative estimate of drug-likeness (QED) is 0.149. The minimum absolute atomic E-state index is 0.0451. The second-order valence-corrected chi connectivity index (χ2v) is 22.1. The summed E-state index contributed by atoms with van der Waals surface area (Å²) in [6.45, 7) is 7.82. The third kappa shape index (κ3) is 10.4. The van der Waals surface area contributed by atoms with Gasteiger partial charge in [0.15, 0.2) is 0 Å². The molecule has 4 nitrogen and oxygen atoms in total. The zero-order valence-electron chi connectivity index (χ0n) is 47.2. The Hall–Kier alpha value is -10.3. The highest BCUT2D eigenvalue weighted by Crippen LogP contribution is 2.50. The van der Waals surface area contributed by atoms with Gasteiger partial charge in [-0.2, -0.15) is 76.4 Å². The van der Waals surface area contributed by atoms with Crippen LogP contribution in [0.15, 0.2) is 176 Å². The summed E-state index contributed by atoms with van der Waals surface area (Å²) in [4.78, 5) is 0. The topological polar surface area (TPSA) is 57.4 Å². The van der Waals surface area contributed by atoms with Gasteiger partial charge in [0.25, 0.3) is 0 Å². The first kappa shape index (κ1) is 60.0. The number of halogens is 15. The van der Waals surface area contributed by atoms with Gasteiger partial charge >= 0.3 is 30.9 Å². The lowest BCUT2D eigenvalue weighted by Gasteiger charge is -2.22. The van der Waals surface area contributed by atoms with E-state index >= 15 is 13.2 Å². The fraction of sp³-hybridized carbons (Fsp3) is 0.127. The maximum absolute atomic E-state index is 15.8. The largest absolute Gasteiger partial charge is 0.417 e. The number of hydrogen-bond donors (Lipinski definition) is 0. The number of aromatic nitrogens is 2. The lowest BCUT2D eigenvalue weighted by atomic mass is 9.91. The molecule has 0 aliphatic rings. The third-order valence-corrected chi connectivity index (χ3v) is 16.3. The second-order valence-electron chi connectivity index (χ2n) is 22.1. The van der Waals surface area contributed by atoms with Crippen molar-refractivity contribution in [2.45, 2.75) is 58.6 Å². The first-order valence-corrected chi connectivity index (χ1v) is 27.4.